The number of rotatable bonds is 8. The van der Waals surface area contributed by atoms with Crippen molar-refractivity contribution in [3.63, 3.8) is 0 Å². The van der Waals surface area contributed by atoms with Crippen LogP contribution in [0.5, 0.6) is 0 Å². The third-order valence-electron chi connectivity index (χ3n) is 4.88. The summed E-state index contributed by atoms with van der Waals surface area (Å²) in [4.78, 5) is 27.0. The van der Waals surface area contributed by atoms with Gasteiger partial charge in [0.25, 0.3) is 5.91 Å². The lowest BCUT2D eigenvalue weighted by Gasteiger charge is -2.29. The second kappa shape index (κ2) is 9.03. The number of carbonyl (C=O) groups is 2. The summed E-state index contributed by atoms with van der Waals surface area (Å²) in [6.07, 6.45) is 0. The normalized spacial score (nSPS) is 17.5. The van der Waals surface area contributed by atoms with Gasteiger partial charge in [-0.3, -0.25) is 9.59 Å². The molecule has 1 heterocycles. The van der Waals surface area contributed by atoms with Crippen molar-refractivity contribution in [2.45, 2.75) is 40.7 Å². The van der Waals surface area contributed by atoms with E-state index in [9.17, 15) is 9.59 Å². The average molecular weight is 361 g/mol. The minimum absolute atomic E-state index is 0.0575. The van der Waals surface area contributed by atoms with E-state index in [0.717, 1.165) is 25.3 Å². The van der Waals surface area contributed by atoms with E-state index in [1.165, 1.54) is 0 Å². The Morgan fingerprint density at radius 3 is 2.50 bits per heavy atom. The molecule has 2 rings (SSSR count). The van der Waals surface area contributed by atoms with E-state index in [1.54, 1.807) is 12.1 Å². The van der Waals surface area contributed by atoms with E-state index in [4.69, 9.17) is 0 Å². The highest BCUT2D eigenvalue weighted by Crippen LogP contribution is 2.29. The molecule has 0 spiro atoms. The molecule has 1 aliphatic rings. The summed E-state index contributed by atoms with van der Waals surface area (Å²) in [7, 11) is 0. The van der Waals surface area contributed by atoms with Crippen LogP contribution in [-0.4, -0.2) is 48.9 Å². The highest BCUT2D eigenvalue weighted by Gasteiger charge is 2.28. The molecule has 1 aromatic carbocycles. The summed E-state index contributed by atoms with van der Waals surface area (Å²) in [5, 5.41) is 9.15. The van der Waals surface area contributed by atoms with Crippen molar-refractivity contribution in [2.24, 2.45) is 11.8 Å². The number of fused-ring (bicyclic) bond motifs is 1. The van der Waals surface area contributed by atoms with Gasteiger partial charge in [0.15, 0.2) is 0 Å². The van der Waals surface area contributed by atoms with E-state index in [0.29, 0.717) is 23.7 Å². The van der Waals surface area contributed by atoms with Crippen molar-refractivity contribution in [3.05, 3.63) is 23.8 Å². The van der Waals surface area contributed by atoms with Gasteiger partial charge >= 0.3 is 0 Å². The van der Waals surface area contributed by atoms with Crippen LogP contribution in [0.3, 0.4) is 0 Å². The lowest BCUT2D eigenvalue weighted by atomic mass is 9.99. The molecular weight excluding hydrogens is 328 g/mol. The summed E-state index contributed by atoms with van der Waals surface area (Å²) in [5.41, 5.74) is 2.08. The number of anilines is 2. The molecule has 0 unspecified atom stereocenters. The van der Waals surface area contributed by atoms with Crippen molar-refractivity contribution < 1.29 is 9.59 Å². The summed E-state index contributed by atoms with van der Waals surface area (Å²) in [6.45, 7) is 14.1. The fraction of sp³-hybridized carbons (Fsp3) is 0.600. The van der Waals surface area contributed by atoms with Crippen molar-refractivity contribution in [1.82, 2.24) is 10.2 Å². The maximum Gasteiger partial charge on any atom is 0.251 e. The number of benzene rings is 1. The highest BCUT2D eigenvalue weighted by molar-refractivity contribution is 6.05. The Morgan fingerprint density at radius 1 is 1.19 bits per heavy atom. The monoisotopic (exact) mass is 360 g/mol. The molecule has 0 saturated carbocycles. The van der Waals surface area contributed by atoms with Crippen LogP contribution in [0.4, 0.5) is 11.4 Å². The fourth-order valence-corrected chi connectivity index (χ4v) is 3.18. The van der Waals surface area contributed by atoms with Crippen LogP contribution in [-0.2, 0) is 4.79 Å². The molecule has 0 radical (unpaired) electrons. The fourth-order valence-electron chi connectivity index (χ4n) is 3.18. The van der Waals surface area contributed by atoms with Crippen molar-refractivity contribution in [2.75, 3.05) is 36.8 Å². The van der Waals surface area contributed by atoms with Crippen LogP contribution in [0.2, 0.25) is 0 Å². The summed E-state index contributed by atoms with van der Waals surface area (Å²) < 4.78 is 0. The molecule has 0 saturated heterocycles. The maximum absolute atomic E-state index is 12.5. The van der Waals surface area contributed by atoms with E-state index in [1.807, 2.05) is 19.9 Å². The first-order valence-electron chi connectivity index (χ1n) is 9.57. The summed E-state index contributed by atoms with van der Waals surface area (Å²) in [5.74, 6) is 0.403. The van der Waals surface area contributed by atoms with Gasteiger partial charge < -0.3 is 20.9 Å². The largest absolute Gasteiger partial charge is 0.372 e. The molecule has 1 aromatic rings. The zero-order valence-electron chi connectivity index (χ0n) is 16.6. The molecule has 3 N–H and O–H groups in total. The minimum Gasteiger partial charge on any atom is -0.372 e. The van der Waals surface area contributed by atoms with Gasteiger partial charge in [-0.2, -0.15) is 0 Å². The third-order valence-corrected chi connectivity index (χ3v) is 4.88. The topological polar surface area (TPSA) is 73.5 Å². The van der Waals surface area contributed by atoms with Gasteiger partial charge in [0, 0.05) is 18.7 Å². The first kappa shape index (κ1) is 20.2. The molecule has 2 amide bonds. The molecule has 1 aliphatic heterocycles. The highest BCUT2D eigenvalue weighted by atomic mass is 16.2. The van der Waals surface area contributed by atoms with Gasteiger partial charge in [-0.15, -0.1) is 0 Å². The Morgan fingerprint density at radius 2 is 1.88 bits per heavy atom. The van der Waals surface area contributed by atoms with Crippen molar-refractivity contribution in [1.29, 1.82) is 0 Å². The van der Waals surface area contributed by atoms with Gasteiger partial charge in [0.05, 0.1) is 11.4 Å². The van der Waals surface area contributed by atoms with Crippen LogP contribution >= 0.6 is 0 Å². The Bertz CT molecular complexity index is 641. The van der Waals surface area contributed by atoms with E-state index >= 15 is 0 Å². The second-order valence-electron chi connectivity index (χ2n) is 7.42. The molecule has 0 aliphatic carbocycles. The Kier molecular flexibility index (Phi) is 7.03. The van der Waals surface area contributed by atoms with Gasteiger partial charge in [-0.1, -0.05) is 34.6 Å². The van der Waals surface area contributed by atoms with Gasteiger partial charge in [-0.05, 0) is 43.1 Å². The number of amides is 2. The molecular formula is C20H32N4O2. The molecule has 144 valence electrons. The number of nitrogens with zero attached hydrogens (tertiary/aromatic N) is 1. The first-order chi connectivity index (χ1) is 12.3. The first-order valence-corrected chi connectivity index (χ1v) is 9.57. The van der Waals surface area contributed by atoms with Gasteiger partial charge in [-0.25, -0.2) is 0 Å². The molecule has 6 heteroatoms. The van der Waals surface area contributed by atoms with Crippen LogP contribution in [0.1, 0.15) is 45.0 Å². The zero-order chi connectivity index (χ0) is 19.3. The standard InChI is InChI=1S/C20H32N4O2/c1-6-24(7-2)12-14(5)11-21-19(25)15-8-9-16-17(10-15)23-20(26)18(22-16)13(3)4/h8-10,13-14,18,22H,6-7,11-12H2,1-5H3,(H,21,25)(H,23,26)/t14-,18-/m1/s1. The van der Waals surface area contributed by atoms with Crippen LogP contribution in [0.25, 0.3) is 0 Å². The SMILES string of the molecule is CCN(CC)C[C@H](C)CNC(=O)c1ccc2c(c1)NC(=O)[C@@H](C(C)C)N2. The summed E-state index contributed by atoms with van der Waals surface area (Å²) >= 11 is 0. The summed E-state index contributed by atoms with van der Waals surface area (Å²) in [6, 6.07) is 5.15. The second-order valence-corrected chi connectivity index (χ2v) is 7.42. The molecule has 26 heavy (non-hydrogen) atoms. The quantitative estimate of drug-likeness (QED) is 0.666. The van der Waals surface area contributed by atoms with E-state index in [2.05, 4.69) is 41.6 Å². The smallest absolute Gasteiger partial charge is 0.251 e. The molecule has 0 fully saturated rings. The lowest BCUT2D eigenvalue weighted by Crippen LogP contribution is -2.42. The third kappa shape index (κ3) is 4.97. The molecule has 6 nitrogen and oxygen atoms in total. The predicted molar refractivity (Wildman–Crippen MR) is 107 cm³/mol. The Hall–Kier alpha value is -2.08. The lowest BCUT2D eigenvalue weighted by molar-refractivity contribution is -0.117. The minimum atomic E-state index is -0.247. The Balaban J connectivity index is 1.97. The molecule has 0 aromatic heterocycles. The van der Waals surface area contributed by atoms with Crippen molar-refractivity contribution in [3.8, 4) is 0 Å². The predicted octanol–water partition coefficient (Wildman–Crippen LogP) is 2.78. The zero-order valence-corrected chi connectivity index (χ0v) is 16.6. The van der Waals surface area contributed by atoms with Crippen molar-refractivity contribution >= 4 is 23.2 Å². The van der Waals surface area contributed by atoms with Crippen LogP contribution in [0, 0.1) is 11.8 Å². The van der Waals surface area contributed by atoms with Crippen LogP contribution < -0.4 is 16.0 Å². The van der Waals surface area contributed by atoms with Gasteiger partial charge in [0.2, 0.25) is 5.91 Å². The average Bonchev–Trinajstić information content (AvgIpc) is 2.62. The van der Waals surface area contributed by atoms with E-state index < -0.39 is 0 Å². The van der Waals surface area contributed by atoms with Gasteiger partial charge in [0.1, 0.15) is 6.04 Å². The number of hydrogen-bond acceptors (Lipinski definition) is 4. The van der Waals surface area contributed by atoms with E-state index in [-0.39, 0.29) is 23.8 Å². The number of hydrogen-bond donors (Lipinski definition) is 3. The van der Waals surface area contributed by atoms with Crippen LogP contribution in [0.15, 0.2) is 18.2 Å². The number of nitrogens with one attached hydrogen (secondary N) is 3. The molecule has 2 atom stereocenters. The Labute approximate surface area is 156 Å². The number of carbonyl (C=O) groups excluding carboxylic acids is 2. The maximum atomic E-state index is 12.5. The molecule has 0 bridgehead atoms.